The normalized spacial score (nSPS) is 26.1. The van der Waals surface area contributed by atoms with Crippen molar-refractivity contribution in [3.8, 4) is 0 Å². The van der Waals surface area contributed by atoms with Gasteiger partial charge in [-0.15, -0.1) is 0 Å². The van der Waals surface area contributed by atoms with Gasteiger partial charge in [-0.05, 0) is 50.0 Å². The van der Waals surface area contributed by atoms with Gasteiger partial charge in [0.25, 0.3) is 17.3 Å². The number of amides is 1. The molecule has 1 aromatic carbocycles. The van der Waals surface area contributed by atoms with Crippen molar-refractivity contribution in [2.45, 2.75) is 38.6 Å². The molecule has 0 unspecified atom stereocenters. The largest absolute Gasteiger partial charge is 0.349 e. The average Bonchev–Trinajstić information content (AvgIpc) is 3.17. The molecule has 2 fully saturated rings. The van der Waals surface area contributed by atoms with Gasteiger partial charge in [-0.2, -0.15) is 0 Å². The molecule has 128 valence electrons. The van der Waals surface area contributed by atoms with Gasteiger partial charge in [-0.25, -0.2) is 0 Å². The maximum atomic E-state index is 12.4. The van der Waals surface area contributed by atoms with Gasteiger partial charge in [-0.3, -0.25) is 25.0 Å². The van der Waals surface area contributed by atoms with Crippen LogP contribution in [-0.4, -0.2) is 21.8 Å². The minimum absolute atomic E-state index is 0.0670. The Labute approximate surface area is 138 Å². The Bertz CT molecular complexity index is 705. The summed E-state index contributed by atoms with van der Waals surface area (Å²) >= 11 is 0. The molecule has 1 N–H and O–H groups in total. The third-order valence-corrected chi connectivity index (χ3v) is 5.43. The van der Waals surface area contributed by atoms with Gasteiger partial charge in [-0.1, -0.05) is 6.42 Å². The lowest BCUT2D eigenvalue weighted by atomic mass is 9.84. The summed E-state index contributed by atoms with van der Waals surface area (Å²) in [6, 6.07) is 3.03. The number of non-ortho nitro benzene ring substituents is 1. The first-order valence-electron chi connectivity index (χ1n) is 8.10. The Hall–Kier alpha value is -2.51. The molecule has 2 aliphatic carbocycles. The van der Waals surface area contributed by atoms with Crippen molar-refractivity contribution in [1.29, 1.82) is 0 Å². The number of nitro benzene ring substituents is 2. The monoisotopic (exact) mass is 333 g/mol. The van der Waals surface area contributed by atoms with E-state index >= 15 is 0 Å². The number of carbonyl (C=O) groups excluding carboxylic acids is 1. The van der Waals surface area contributed by atoms with Crippen LogP contribution in [0.1, 0.15) is 43.0 Å². The standard InChI is InChI=1S/C16H19N3O5/c1-9(14-7-10-2-3-11(14)6-10)17-16(20)13-5-4-12(18(21)22)8-15(13)19(23)24/h4-5,8-11,14H,2-3,6-7H2,1H3,(H,17,20)/t9-,10+,11+,14-/m0/s1. The summed E-state index contributed by atoms with van der Waals surface area (Å²) in [5, 5.41) is 24.8. The van der Waals surface area contributed by atoms with E-state index in [2.05, 4.69) is 5.32 Å². The molecule has 8 heteroatoms. The van der Waals surface area contributed by atoms with Crippen molar-refractivity contribution in [1.82, 2.24) is 5.32 Å². The van der Waals surface area contributed by atoms with Crippen molar-refractivity contribution >= 4 is 17.3 Å². The molecule has 2 saturated carbocycles. The quantitative estimate of drug-likeness (QED) is 0.656. The highest BCUT2D eigenvalue weighted by Gasteiger charge is 2.42. The number of fused-ring (bicyclic) bond motifs is 2. The Morgan fingerprint density at radius 2 is 1.96 bits per heavy atom. The van der Waals surface area contributed by atoms with Crippen LogP contribution in [0.25, 0.3) is 0 Å². The molecule has 4 atom stereocenters. The van der Waals surface area contributed by atoms with Gasteiger partial charge < -0.3 is 5.32 Å². The summed E-state index contributed by atoms with van der Waals surface area (Å²) in [6.45, 7) is 1.93. The number of nitro groups is 2. The first-order valence-corrected chi connectivity index (χ1v) is 8.10. The second kappa shape index (κ2) is 6.18. The van der Waals surface area contributed by atoms with Gasteiger partial charge >= 0.3 is 0 Å². The third kappa shape index (κ3) is 2.95. The molecule has 0 aliphatic heterocycles. The van der Waals surface area contributed by atoms with E-state index in [-0.39, 0.29) is 11.6 Å². The highest BCUT2D eigenvalue weighted by molar-refractivity contribution is 5.98. The zero-order valence-corrected chi connectivity index (χ0v) is 13.3. The maximum absolute atomic E-state index is 12.4. The average molecular weight is 333 g/mol. The first kappa shape index (κ1) is 16.4. The lowest BCUT2D eigenvalue weighted by Gasteiger charge is -2.28. The SMILES string of the molecule is C[C@H](NC(=O)c1ccc([N+](=O)[O-])cc1[N+](=O)[O-])[C@@H]1C[C@@H]2CC[C@@H]1C2. The van der Waals surface area contributed by atoms with E-state index in [1.54, 1.807) is 0 Å². The Balaban J connectivity index is 1.77. The minimum atomic E-state index is -0.760. The number of nitrogens with one attached hydrogen (secondary N) is 1. The summed E-state index contributed by atoms with van der Waals surface area (Å²) in [5.74, 6) is 1.22. The zero-order valence-electron chi connectivity index (χ0n) is 13.3. The topological polar surface area (TPSA) is 115 Å². The molecule has 2 aliphatic rings. The number of hydrogen-bond donors (Lipinski definition) is 1. The molecule has 0 radical (unpaired) electrons. The first-order chi connectivity index (χ1) is 11.4. The predicted molar refractivity (Wildman–Crippen MR) is 85.6 cm³/mol. The van der Waals surface area contributed by atoms with Crippen LogP contribution in [0.3, 0.4) is 0 Å². The highest BCUT2D eigenvalue weighted by Crippen LogP contribution is 2.49. The molecule has 1 amide bonds. The lowest BCUT2D eigenvalue weighted by Crippen LogP contribution is -2.40. The zero-order chi connectivity index (χ0) is 17.4. The Kier molecular flexibility index (Phi) is 4.21. The molecular weight excluding hydrogens is 314 g/mol. The Morgan fingerprint density at radius 3 is 2.50 bits per heavy atom. The van der Waals surface area contributed by atoms with Crippen LogP contribution in [0.4, 0.5) is 11.4 Å². The van der Waals surface area contributed by atoms with Gasteiger partial charge in [0.1, 0.15) is 5.56 Å². The fourth-order valence-electron chi connectivity index (χ4n) is 4.27. The third-order valence-electron chi connectivity index (χ3n) is 5.43. The molecule has 8 nitrogen and oxygen atoms in total. The summed E-state index contributed by atoms with van der Waals surface area (Å²) < 4.78 is 0. The molecule has 24 heavy (non-hydrogen) atoms. The van der Waals surface area contributed by atoms with E-state index < -0.39 is 27.1 Å². The molecule has 1 aromatic rings. The Morgan fingerprint density at radius 1 is 1.21 bits per heavy atom. The molecule has 0 spiro atoms. The molecule has 3 rings (SSSR count). The van der Waals surface area contributed by atoms with E-state index in [0.29, 0.717) is 11.8 Å². The van der Waals surface area contributed by atoms with Gasteiger partial charge in [0.2, 0.25) is 0 Å². The van der Waals surface area contributed by atoms with Crippen molar-refractivity contribution < 1.29 is 14.6 Å². The van der Waals surface area contributed by atoms with Gasteiger partial charge in [0, 0.05) is 12.1 Å². The van der Waals surface area contributed by atoms with Crippen molar-refractivity contribution in [3.63, 3.8) is 0 Å². The van der Waals surface area contributed by atoms with Crippen LogP contribution in [0, 0.1) is 38.0 Å². The summed E-state index contributed by atoms with van der Waals surface area (Å²) in [6.07, 6.45) is 4.75. The molecule has 0 saturated heterocycles. The number of benzene rings is 1. The van der Waals surface area contributed by atoms with E-state index in [9.17, 15) is 25.0 Å². The number of rotatable bonds is 5. The van der Waals surface area contributed by atoms with E-state index in [4.69, 9.17) is 0 Å². The van der Waals surface area contributed by atoms with Crippen LogP contribution in [-0.2, 0) is 0 Å². The fraction of sp³-hybridized carbons (Fsp3) is 0.562. The fourth-order valence-corrected chi connectivity index (χ4v) is 4.27. The highest BCUT2D eigenvalue weighted by atomic mass is 16.6. The summed E-state index contributed by atoms with van der Waals surface area (Å²) in [7, 11) is 0. The molecule has 0 heterocycles. The van der Waals surface area contributed by atoms with Crippen LogP contribution < -0.4 is 5.32 Å². The minimum Gasteiger partial charge on any atom is -0.349 e. The van der Waals surface area contributed by atoms with Crippen LogP contribution in [0.5, 0.6) is 0 Å². The van der Waals surface area contributed by atoms with Crippen molar-refractivity contribution in [2.75, 3.05) is 0 Å². The van der Waals surface area contributed by atoms with Crippen LogP contribution >= 0.6 is 0 Å². The number of carbonyl (C=O) groups is 1. The van der Waals surface area contributed by atoms with E-state index in [1.165, 1.54) is 19.3 Å². The van der Waals surface area contributed by atoms with Crippen LogP contribution in [0.15, 0.2) is 18.2 Å². The predicted octanol–water partition coefficient (Wildman–Crippen LogP) is 3.06. The second-order valence-electron chi connectivity index (χ2n) is 6.82. The summed E-state index contributed by atoms with van der Waals surface area (Å²) in [5.41, 5.74) is -1.08. The van der Waals surface area contributed by atoms with Gasteiger partial charge in [0.05, 0.1) is 15.9 Å². The van der Waals surface area contributed by atoms with E-state index in [1.807, 2.05) is 6.92 Å². The lowest BCUT2D eigenvalue weighted by molar-refractivity contribution is -0.394. The van der Waals surface area contributed by atoms with Gasteiger partial charge in [0.15, 0.2) is 0 Å². The smallest absolute Gasteiger partial charge is 0.289 e. The number of hydrogen-bond acceptors (Lipinski definition) is 5. The van der Waals surface area contributed by atoms with E-state index in [0.717, 1.165) is 30.5 Å². The second-order valence-corrected chi connectivity index (χ2v) is 6.82. The molecule has 0 aromatic heterocycles. The van der Waals surface area contributed by atoms with Crippen molar-refractivity contribution in [2.24, 2.45) is 17.8 Å². The van der Waals surface area contributed by atoms with Crippen molar-refractivity contribution in [3.05, 3.63) is 44.0 Å². The summed E-state index contributed by atoms with van der Waals surface area (Å²) in [4.78, 5) is 32.9. The maximum Gasteiger partial charge on any atom is 0.289 e. The molecular formula is C16H19N3O5. The number of nitrogens with zero attached hydrogens (tertiary/aromatic N) is 2. The molecule has 2 bridgehead atoms. The van der Waals surface area contributed by atoms with Crippen LogP contribution in [0.2, 0.25) is 0 Å².